The summed E-state index contributed by atoms with van der Waals surface area (Å²) in [6, 6.07) is 12.0. The van der Waals surface area contributed by atoms with E-state index in [9.17, 15) is 4.79 Å². The molecule has 1 amide bonds. The first-order valence-corrected chi connectivity index (χ1v) is 12.6. The van der Waals surface area contributed by atoms with Gasteiger partial charge in [-0.15, -0.1) is 0 Å². The second kappa shape index (κ2) is 11.8. The van der Waals surface area contributed by atoms with Crippen LogP contribution in [0.1, 0.15) is 56.0 Å². The van der Waals surface area contributed by atoms with Gasteiger partial charge >= 0.3 is 0 Å². The number of likely N-dealkylation sites (N-methyl/N-ethyl adjacent to an activating group) is 1. The maximum absolute atomic E-state index is 12.1. The third-order valence-corrected chi connectivity index (χ3v) is 6.22. The van der Waals surface area contributed by atoms with E-state index in [1.54, 1.807) is 0 Å². The van der Waals surface area contributed by atoms with E-state index in [0.717, 1.165) is 42.4 Å². The molecule has 0 bridgehead atoms. The van der Waals surface area contributed by atoms with Crippen molar-refractivity contribution in [3.63, 3.8) is 0 Å². The molecule has 9 nitrogen and oxygen atoms in total. The topological polar surface area (TPSA) is 111 Å². The minimum atomic E-state index is 0.0914. The Balaban J connectivity index is 1.26. The number of nitrogens with zero attached hydrogens (tertiary/aromatic N) is 4. The molecule has 1 aliphatic rings. The Morgan fingerprint density at radius 2 is 1.83 bits per heavy atom. The van der Waals surface area contributed by atoms with Crippen molar-refractivity contribution >= 4 is 29.2 Å². The van der Waals surface area contributed by atoms with E-state index in [1.165, 1.54) is 18.5 Å². The molecule has 0 radical (unpaired) electrons. The van der Waals surface area contributed by atoms with Gasteiger partial charge in [-0.2, -0.15) is 10.1 Å². The van der Waals surface area contributed by atoms with E-state index in [1.807, 2.05) is 43.3 Å². The lowest BCUT2D eigenvalue weighted by molar-refractivity contribution is -0.121. The average Bonchev–Trinajstić information content (AvgIpc) is 3.60. The van der Waals surface area contributed by atoms with Crippen molar-refractivity contribution in [1.29, 1.82) is 0 Å². The summed E-state index contributed by atoms with van der Waals surface area (Å²) in [5.41, 5.74) is 4.04. The van der Waals surface area contributed by atoms with Crippen molar-refractivity contribution < 1.29 is 4.79 Å². The van der Waals surface area contributed by atoms with Crippen molar-refractivity contribution in [2.45, 2.75) is 52.4 Å². The number of H-pyrrole nitrogens is 1. The van der Waals surface area contributed by atoms with Crippen molar-refractivity contribution in [3.05, 3.63) is 53.3 Å². The van der Waals surface area contributed by atoms with E-state index in [-0.39, 0.29) is 5.91 Å². The first kappa shape index (κ1) is 24.7. The number of aryl methyl sites for hydroxylation is 2. The molecule has 2 heterocycles. The summed E-state index contributed by atoms with van der Waals surface area (Å²) in [4.78, 5) is 23.5. The zero-order valence-corrected chi connectivity index (χ0v) is 20.9. The summed E-state index contributed by atoms with van der Waals surface area (Å²) >= 11 is 0. The van der Waals surface area contributed by atoms with E-state index in [4.69, 9.17) is 0 Å². The van der Waals surface area contributed by atoms with E-state index >= 15 is 0 Å². The van der Waals surface area contributed by atoms with E-state index in [2.05, 4.69) is 54.9 Å². The van der Waals surface area contributed by atoms with Crippen molar-refractivity contribution in [3.8, 4) is 0 Å². The number of hydrogen-bond acceptors (Lipinski definition) is 7. The van der Waals surface area contributed by atoms with Gasteiger partial charge in [0, 0.05) is 54.6 Å². The molecule has 4 N–H and O–H groups in total. The normalized spacial score (nSPS) is 13.1. The Hall–Kier alpha value is -3.46. The lowest BCUT2D eigenvalue weighted by Crippen LogP contribution is -2.34. The van der Waals surface area contributed by atoms with Crippen molar-refractivity contribution in [2.24, 2.45) is 0 Å². The standard InChI is InChI=1S/C26H36N8O/c1-4-34(5-2)15-14-27-25(35)13-8-19-6-11-21(12-7-19)29-26-28-18(3)16-23(31-26)30-24-17-22(32-33-24)20-9-10-20/h6-7,11-12,16-17,20H,4-5,8-10,13-15H2,1-3H3,(H,27,35)(H3,28,29,30,31,32,33). The van der Waals surface area contributed by atoms with Crippen LogP contribution in [0.2, 0.25) is 0 Å². The molecular weight excluding hydrogens is 440 g/mol. The fraction of sp³-hybridized carbons (Fsp3) is 0.462. The minimum absolute atomic E-state index is 0.0914. The number of anilines is 4. The fourth-order valence-corrected chi connectivity index (χ4v) is 3.95. The number of nitrogens with one attached hydrogen (secondary N) is 4. The molecular formula is C26H36N8O. The van der Waals surface area contributed by atoms with Crippen LogP contribution in [0, 0.1) is 6.92 Å². The predicted octanol–water partition coefficient (Wildman–Crippen LogP) is 4.26. The molecule has 0 atom stereocenters. The molecule has 186 valence electrons. The molecule has 35 heavy (non-hydrogen) atoms. The molecule has 0 aliphatic heterocycles. The summed E-state index contributed by atoms with van der Waals surface area (Å²) in [5, 5.41) is 17.0. The number of amides is 1. The van der Waals surface area contributed by atoms with Crippen LogP contribution in [0.15, 0.2) is 36.4 Å². The Morgan fingerprint density at radius 3 is 2.54 bits per heavy atom. The zero-order chi connectivity index (χ0) is 24.6. The number of aromatic amines is 1. The van der Waals surface area contributed by atoms with Gasteiger partial charge in [-0.1, -0.05) is 26.0 Å². The summed E-state index contributed by atoms with van der Waals surface area (Å²) in [5.74, 6) is 2.69. The van der Waals surface area contributed by atoms with Crippen LogP contribution in [0.5, 0.6) is 0 Å². The highest BCUT2D eigenvalue weighted by atomic mass is 16.1. The molecule has 3 aromatic rings. The highest BCUT2D eigenvalue weighted by Gasteiger charge is 2.25. The summed E-state index contributed by atoms with van der Waals surface area (Å²) in [6.07, 6.45) is 3.64. The fourth-order valence-electron chi connectivity index (χ4n) is 3.95. The highest BCUT2D eigenvalue weighted by Crippen LogP contribution is 2.39. The smallest absolute Gasteiger partial charge is 0.229 e. The lowest BCUT2D eigenvalue weighted by Gasteiger charge is -2.17. The maximum atomic E-state index is 12.1. The predicted molar refractivity (Wildman–Crippen MR) is 139 cm³/mol. The Kier molecular flexibility index (Phi) is 8.31. The Labute approximate surface area is 207 Å². The third kappa shape index (κ3) is 7.51. The Bertz CT molecular complexity index is 1100. The van der Waals surface area contributed by atoms with Crippen LogP contribution < -0.4 is 16.0 Å². The number of aromatic nitrogens is 4. The molecule has 0 saturated heterocycles. The first-order valence-electron chi connectivity index (χ1n) is 12.6. The maximum Gasteiger partial charge on any atom is 0.229 e. The first-order chi connectivity index (χ1) is 17.0. The molecule has 0 unspecified atom stereocenters. The highest BCUT2D eigenvalue weighted by molar-refractivity contribution is 5.76. The van der Waals surface area contributed by atoms with Gasteiger partial charge in [0.2, 0.25) is 11.9 Å². The molecule has 1 aliphatic carbocycles. The number of hydrogen-bond donors (Lipinski definition) is 4. The van der Waals surface area contributed by atoms with Crippen LogP contribution in [0.3, 0.4) is 0 Å². The molecule has 1 saturated carbocycles. The molecule has 0 spiro atoms. The van der Waals surface area contributed by atoms with E-state index in [0.29, 0.717) is 37.1 Å². The lowest BCUT2D eigenvalue weighted by atomic mass is 10.1. The second-order valence-corrected chi connectivity index (χ2v) is 9.02. The van der Waals surface area contributed by atoms with Gasteiger partial charge in [0.1, 0.15) is 5.82 Å². The number of carbonyl (C=O) groups is 1. The summed E-state index contributed by atoms with van der Waals surface area (Å²) in [7, 11) is 0. The Morgan fingerprint density at radius 1 is 1.06 bits per heavy atom. The van der Waals surface area contributed by atoms with Crippen LogP contribution in [-0.4, -0.2) is 57.2 Å². The van der Waals surface area contributed by atoms with Crippen LogP contribution in [-0.2, 0) is 11.2 Å². The molecule has 9 heteroatoms. The van der Waals surface area contributed by atoms with Gasteiger partial charge in [0.05, 0.1) is 0 Å². The largest absolute Gasteiger partial charge is 0.355 e. The second-order valence-electron chi connectivity index (χ2n) is 9.02. The molecule has 1 fully saturated rings. The monoisotopic (exact) mass is 476 g/mol. The van der Waals surface area contributed by atoms with Gasteiger partial charge < -0.3 is 20.9 Å². The van der Waals surface area contributed by atoms with Crippen LogP contribution in [0.25, 0.3) is 0 Å². The zero-order valence-electron chi connectivity index (χ0n) is 20.9. The number of benzene rings is 1. The number of rotatable bonds is 13. The quantitative estimate of drug-likeness (QED) is 0.292. The van der Waals surface area contributed by atoms with E-state index < -0.39 is 0 Å². The minimum Gasteiger partial charge on any atom is -0.355 e. The average molecular weight is 477 g/mol. The van der Waals surface area contributed by atoms with Gasteiger partial charge in [-0.05, 0) is 57.0 Å². The molecule has 4 rings (SSSR count). The van der Waals surface area contributed by atoms with Crippen LogP contribution in [0.4, 0.5) is 23.3 Å². The van der Waals surface area contributed by atoms with Crippen molar-refractivity contribution in [2.75, 3.05) is 36.8 Å². The third-order valence-electron chi connectivity index (χ3n) is 6.22. The van der Waals surface area contributed by atoms with Crippen molar-refractivity contribution in [1.82, 2.24) is 30.4 Å². The van der Waals surface area contributed by atoms with Gasteiger partial charge in [0.25, 0.3) is 0 Å². The number of carbonyl (C=O) groups excluding carboxylic acids is 1. The van der Waals surface area contributed by atoms with Crippen LogP contribution >= 0.6 is 0 Å². The van der Waals surface area contributed by atoms with Gasteiger partial charge in [-0.3, -0.25) is 9.89 Å². The summed E-state index contributed by atoms with van der Waals surface area (Å²) in [6.45, 7) is 9.80. The molecule has 2 aromatic heterocycles. The SMILES string of the molecule is CCN(CC)CCNC(=O)CCc1ccc(Nc2nc(C)cc(Nc3cc(C4CC4)[nH]n3)n2)cc1. The molecule has 1 aromatic carbocycles. The van der Waals surface area contributed by atoms with Gasteiger partial charge in [-0.25, -0.2) is 4.98 Å². The van der Waals surface area contributed by atoms with Gasteiger partial charge in [0.15, 0.2) is 5.82 Å². The summed E-state index contributed by atoms with van der Waals surface area (Å²) < 4.78 is 0.